The Labute approximate surface area is 67.7 Å². The predicted molar refractivity (Wildman–Crippen MR) is 47.9 cm³/mol. The Morgan fingerprint density at radius 2 is 2.27 bits per heavy atom. The van der Waals surface area contributed by atoms with Crippen molar-refractivity contribution in [2.45, 2.75) is 19.4 Å². The van der Waals surface area contributed by atoms with Gasteiger partial charge in [-0.15, -0.1) is 0 Å². The molecule has 0 rings (SSSR count). The van der Waals surface area contributed by atoms with E-state index in [-0.39, 0.29) is 6.10 Å². The van der Waals surface area contributed by atoms with Crippen LogP contribution in [0.5, 0.6) is 0 Å². The lowest BCUT2D eigenvalue weighted by molar-refractivity contribution is 0.195. The molecule has 0 saturated carbocycles. The first-order valence-corrected chi connectivity index (χ1v) is 3.58. The van der Waals surface area contributed by atoms with Crippen LogP contribution >= 0.6 is 0 Å². The van der Waals surface area contributed by atoms with Crippen molar-refractivity contribution in [1.29, 1.82) is 0 Å². The molecule has 0 aromatic heterocycles. The second kappa shape index (κ2) is 5.74. The van der Waals surface area contributed by atoms with Crippen LogP contribution in [-0.2, 0) is 0 Å². The Morgan fingerprint density at radius 3 is 2.73 bits per heavy atom. The highest BCUT2D eigenvalue weighted by Gasteiger charge is 1.95. The van der Waals surface area contributed by atoms with E-state index in [0.717, 1.165) is 0 Å². The van der Waals surface area contributed by atoms with Gasteiger partial charge in [0.2, 0.25) is 0 Å². The Morgan fingerprint density at radius 1 is 1.64 bits per heavy atom. The molecular formula is C9H15NO. The van der Waals surface area contributed by atoms with Crippen LogP contribution in [0, 0.1) is 0 Å². The molecule has 0 amide bonds. The third-order valence-corrected chi connectivity index (χ3v) is 1.09. The molecule has 0 aliphatic rings. The molecule has 62 valence electrons. The number of aliphatic hydroxyl groups excluding tert-OH is 1. The van der Waals surface area contributed by atoms with Gasteiger partial charge in [-0.3, -0.25) is 0 Å². The van der Waals surface area contributed by atoms with Crippen molar-refractivity contribution < 1.29 is 5.11 Å². The molecule has 1 atom stereocenters. The average Bonchev–Trinajstić information content (AvgIpc) is 1.86. The lowest BCUT2D eigenvalue weighted by Gasteiger charge is -2.01. The Kier molecular flexibility index (Phi) is 5.21. The van der Waals surface area contributed by atoms with E-state index in [2.05, 4.69) is 6.58 Å². The molecule has 0 heterocycles. The minimum atomic E-state index is -0.372. The van der Waals surface area contributed by atoms with Gasteiger partial charge >= 0.3 is 0 Å². The van der Waals surface area contributed by atoms with E-state index in [1.165, 1.54) is 0 Å². The van der Waals surface area contributed by atoms with Crippen molar-refractivity contribution in [2.24, 2.45) is 5.73 Å². The second-order valence-corrected chi connectivity index (χ2v) is 2.42. The minimum absolute atomic E-state index is 0.372. The van der Waals surface area contributed by atoms with Gasteiger partial charge in [0.1, 0.15) is 0 Å². The Bertz CT molecular complexity index is 168. The molecule has 0 aliphatic carbocycles. The molecule has 0 aromatic rings. The minimum Gasteiger partial charge on any atom is -0.402 e. The van der Waals surface area contributed by atoms with Crippen LogP contribution < -0.4 is 5.73 Å². The third kappa shape index (κ3) is 6.87. The van der Waals surface area contributed by atoms with Crippen molar-refractivity contribution in [2.75, 3.05) is 0 Å². The van der Waals surface area contributed by atoms with Crippen LogP contribution in [0.25, 0.3) is 0 Å². The lowest BCUT2D eigenvalue weighted by atomic mass is 10.2. The van der Waals surface area contributed by atoms with Crippen LogP contribution in [0.4, 0.5) is 0 Å². The smallest absolute Gasteiger partial charge is 0.0566 e. The zero-order valence-electron chi connectivity index (χ0n) is 6.83. The first-order valence-electron chi connectivity index (χ1n) is 3.58. The maximum absolute atomic E-state index is 8.91. The zero-order valence-corrected chi connectivity index (χ0v) is 6.83. The van der Waals surface area contributed by atoms with Crippen LogP contribution in [0.1, 0.15) is 13.3 Å². The predicted octanol–water partition coefficient (Wildman–Crippen LogP) is 1.34. The van der Waals surface area contributed by atoms with Crippen LogP contribution in [0.15, 0.2) is 36.6 Å². The average molecular weight is 153 g/mol. The molecule has 0 saturated heterocycles. The maximum atomic E-state index is 8.91. The Balaban J connectivity index is 3.80. The molecule has 0 fully saturated rings. The number of aliphatic hydroxyl groups is 1. The van der Waals surface area contributed by atoms with E-state index in [0.29, 0.717) is 12.1 Å². The lowest BCUT2D eigenvalue weighted by Crippen LogP contribution is -2.06. The summed E-state index contributed by atoms with van der Waals surface area (Å²) in [6.07, 6.45) is 7.16. The highest BCUT2D eigenvalue weighted by Crippen LogP contribution is 1.97. The van der Waals surface area contributed by atoms with Crippen molar-refractivity contribution in [3.8, 4) is 0 Å². The normalized spacial score (nSPS) is 15.3. The van der Waals surface area contributed by atoms with Crippen LogP contribution in [0.2, 0.25) is 0 Å². The van der Waals surface area contributed by atoms with Crippen molar-refractivity contribution in [1.82, 2.24) is 0 Å². The second-order valence-electron chi connectivity index (χ2n) is 2.42. The number of nitrogens with two attached hydrogens (primary N) is 1. The van der Waals surface area contributed by atoms with E-state index in [9.17, 15) is 0 Å². The topological polar surface area (TPSA) is 46.2 Å². The van der Waals surface area contributed by atoms with Crippen molar-refractivity contribution >= 4 is 0 Å². The van der Waals surface area contributed by atoms with E-state index in [1.54, 1.807) is 31.2 Å². The molecule has 3 N–H and O–H groups in total. The van der Waals surface area contributed by atoms with Gasteiger partial charge in [-0.25, -0.2) is 0 Å². The molecule has 2 heteroatoms. The Hall–Kier alpha value is -1.02. The molecule has 0 bridgehead atoms. The van der Waals surface area contributed by atoms with Gasteiger partial charge in [0.25, 0.3) is 0 Å². The van der Waals surface area contributed by atoms with Crippen molar-refractivity contribution in [3.63, 3.8) is 0 Å². The fourth-order valence-corrected chi connectivity index (χ4v) is 0.667. The van der Waals surface area contributed by atoms with Gasteiger partial charge < -0.3 is 10.8 Å². The number of rotatable bonds is 4. The van der Waals surface area contributed by atoms with Gasteiger partial charge in [0, 0.05) is 12.1 Å². The number of hydrogen-bond acceptors (Lipinski definition) is 2. The summed E-state index contributed by atoms with van der Waals surface area (Å²) >= 11 is 0. The first-order chi connectivity index (χ1) is 5.16. The first kappa shape index (κ1) is 9.98. The fourth-order valence-electron chi connectivity index (χ4n) is 0.667. The summed E-state index contributed by atoms with van der Waals surface area (Å²) in [4.78, 5) is 0. The largest absolute Gasteiger partial charge is 0.402 e. The zero-order chi connectivity index (χ0) is 8.69. The fraction of sp³-hybridized carbons (Fsp3) is 0.333. The van der Waals surface area contributed by atoms with E-state index in [1.807, 2.05) is 0 Å². The molecule has 0 aromatic carbocycles. The summed E-state index contributed by atoms with van der Waals surface area (Å²) in [6.45, 7) is 5.22. The maximum Gasteiger partial charge on any atom is 0.0566 e. The molecule has 11 heavy (non-hydrogen) atoms. The van der Waals surface area contributed by atoms with Gasteiger partial charge in [-0.2, -0.15) is 0 Å². The van der Waals surface area contributed by atoms with E-state index >= 15 is 0 Å². The summed E-state index contributed by atoms with van der Waals surface area (Å²) in [7, 11) is 0. The van der Waals surface area contributed by atoms with Gasteiger partial charge in [0.05, 0.1) is 6.10 Å². The number of allylic oxidation sites excluding steroid dienone is 4. The summed E-state index contributed by atoms with van der Waals surface area (Å²) in [6, 6.07) is 0. The van der Waals surface area contributed by atoms with Gasteiger partial charge in [0.15, 0.2) is 0 Å². The molecule has 2 nitrogen and oxygen atoms in total. The van der Waals surface area contributed by atoms with E-state index < -0.39 is 0 Å². The summed E-state index contributed by atoms with van der Waals surface area (Å²) in [5, 5.41) is 8.91. The van der Waals surface area contributed by atoms with Gasteiger partial charge in [-0.05, 0) is 13.0 Å². The van der Waals surface area contributed by atoms with Crippen LogP contribution in [-0.4, -0.2) is 11.2 Å². The molecule has 0 spiro atoms. The summed E-state index contributed by atoms with van der Waals surface area (Å²) in [5.74, 6) is 0. The van der Waals surface area contributed by atoms with Crippen molar-refractivity contribution in [3.05, 3.63) is 36.6 Å². The number of hydrogen-bond donors (Lipinski definition) is 2. The van der Waals surface area contributed by atoms with Crippen LogP contribution in [0.3, 0.4) is 0 Å². The molecule has 0 unspecified atom stereocenters. The summed E-state index contributed by atoms with van der Waals surface area (Å²) in [5.41, 5.74) is 6.21. The summed E-state index contributed by atoms with van der Waals surface area (Å²) < 4.78 is 0. The van der Waals surface area contributed by atoms with E-state index in [4.69, 9.17) is 10.8 Å². The monoisotopic (exact) mass is 153 g/mol. The highest BCUT2D eigenvalue weighted by molar-refractivity contribution is 5.13. The molecular weight excluding hydrogens is 138 g/mol. The third-order valence-electron chi connectivity index (χ3n) is 1.09. The highest BCUT2D eigenvalue weighted by atomic mass is 16.3. The van der Waals surface area contributed by atoms with Gasteiger partial charge in [-0.1, -0.05) is 24.8 Å². The molecule has 0 radical (unpaired) electrons. The molecule has 0 aliphatic heterocycles. The quantitative estimate of drug-likeness (QED) is 0.599. The standard InChI is InChI=1S/C9H15NO/c1-3-4-5-6-9(10)7-8(2)11/h3-6,8,11H,1,7,10H2,2H3/b5-4-,9-6-/t8-/m1/s1. The SMILES string of the molecule is C=C/C=C\C=C(/N)C[C@@H](C)O.